The Morgan fingerprint density at radius 3 is 2.20 bits per heavy atom. The molecule has 0 aromatic heterocycles. The largest absolute Gasteiger partial charge is 0.354 e. The fourth-order valence-electron chi connectivity index (χ4n) is 1.92. The number of hydrogen-bond acceptors (Lipinski definition) is 2. The van der Waals surface area contributed by atoms with E-state index in [2.05, 4.69) is 0 Å². The molecule has 106 valence electrons. The highest BCUT2D eigenvalue weighted by Gasteiger charge is 2.16. The zero-order valence-electron chi connectivity index (χ0n) is 11.2. The summed E-state index contributed by atoms with van der Waals surface area (Å²) < 4.78 is 12.8. The van der Waals surface area contributed by atoms with Gasteiger partial charge >= 0.3 is 0 Å². The quantitative estimate of drug-likeness (QED) is 0.783. The first-order valence-corrected chi connectivity index (χ1v) is 6.24. The van der Waals surface area contributed by atoms with Gasteiger partial charge in [-0.2, -0.15) is 0 Å². The molecule has 0 fully saturated rings. The molecule has 20 heavy (non-hydrogen) atoms. The molecule has 0 amide bonds. The van der Waals surface area contributed by atoms with Crippen molar-refractivity contribution in [2.24, 2.45) is 5.92 Å². The van der Waals surface area contributed by atoms with Crippen LogP contribution in [-0.2, 0) is 0 Å². The molecule has 1 aliphatic heterocycles. The van der Waals surface area contributed by atoms with Gasteiger partial charge in [-0.25, -0.2) is 4.39 Å². The van der Waals surface area contributed by atoms with Crippen molar-refractivity contribution in [2.75, 3.05) is 6.54 Å². The number of ketones is 1. The van der Waals surface area contributed by atoms with Gasteiger partial charge in [-0.3, -0.25) is 4.79 Å². The lowest BCUT2D eigenvalue weighted by Crippen LogP contribution is -2.24. The summed E-state index contributed by atoms with van der Waals surface area (Å²) >= 11 is 0. The Balaban J connectivity index is 0.00000200. The lowest BCUT2D eigenvalue weighted by Gasteiger charge is -2.19. The Morgan fingerprint density at radius 1 is 1.10 bits per heavy atom. The van der Waals surface area contributed by atoms with E-state index in [1.54, 1.807) is 0 Å². The van der Waals surface area contributed by atoms with E-state index in [9.17, 15) is 9.18 Å². The molecule has 4 heteroatoms. The summed E-state index contributed by atoms with van der Waals surface area (Å²) in [4.78, 5) is 14.2. The number of benzene rings is 1. The van der Waals surface area contributed by atoms with Gasteiger partial charge in [0.2, 0.25) is 0 Å². The van der Waals surface area contributed by atoms with Crippen LogP contribution in [0.2, 0.25) is 0 Å². The summed E-state index contributed by atoms with van der Waals surface area (Å²) in [5.41, 5.74) is 0.551. The van der Waals surface area contributed by atoms with E-state index in [-0.39, 0.29) is 29.9 Å². The zero-order chi connectivity index (χ0) is 13.7. The molecule has 1 unspecified atom stereocenters. The van der Waals surface area contributed by atoms with Crippen LogP contribution in [0.4, 0.5) is 4.39 Å². The number of carbonyl (C=O) groups is 1. The molecule has 2 rings (SSSR count). The van der Waals surface area contributed by atoms with E-state index >= 15 is 0 Å². The molecule has 0 saturated carbocycles. The zero-order valence-corrected chi connectivity index (χ0v) is 12.0. The lowest BCUT2D eigenvalue weighted by molar-refractivity contribution is 0.0917. The molecule has 0 spiro atoms. The predicted molar refractivity (Wildman–Crippen MR) is 81.3 cm³/mol. The topological polar surface area (TPSA) is 20.3 Å². The number of carbonyl (C=O) groups excluding carboxylic acids is 1. The highest BCUT2D eigenvalue weighted by Crippen LogP contribution is 2.12. The van der Waals surface area contributed by atoms with Crippen molar-refractivity contribution in [2.45, 2.75) is 6.92 Å². The van der Waals surface area contributed by atoms with Crippen LogP contribution < -0.4 is 0 Å². The maximum absolute atomic E-state index is 12.8. The first kappa shape index (κ1) is 16.2. The van der Waals surface area contributed by atoms with E-state index in [4.69, 9.17) is 0 Å². The smallest absolute Gasteiger partial charge is 0.167 e. The van der Waals surface area contributed by atoms with E-state index in [0.717, 1.165) is 0 Å². The van der Waals surface area contributed by atoms with Crippen LogP contribution in [0.5, 0.6) is 0 Å². The molecule has 1 aromatic carbocycles. The van der Waals surface area contributed by atoms with Gasteiger partial charge in [0, 0.05) is 30.4 Å². The minimum Gasteiger partial charge on any atom is -0.354 e. The molecule has 0 aliphatic carbocycles. The fourth-order valence-corrected chi connectivity index (χ4v) is 1.92. The van der Waals surface area contributed by atoms with Crippen molar-refractivity contribution < 1.29 is 9.18 Å². The first-order chi connectivity index (χ1) is 9.16. The van der Waals surface area contributed by atoms with Crippen LogP contribution in [0.15, 0.2) is 61.0 Å². The number of rotatable bonds is 4. The molecule has 0 saturated heterocycles. The van der Waals surface area contributed by atoms with Crippen LogP contribution in [0.3, 0.4) is 0 Å². The summed E-state index contributed by atoms with van der Waals surface area (Å²) in [7, 11) is 0. The minimum absolute atomic E-state index is 0. The van der Waals surface area contributed by atoms with Gasteiger partial charge in [0.15, 0.2) is 5.78 Å². The van der Waals surface area contributed by atoms with Crippen LogP contribution in [-0.4, -0.2) is 17.2 Å². The number of hydrogen-bond donors (Lipinski definition) is 0. The Bertz CT molecular complexity index is 518. The van der Waals surface area contributed by atoms with Gasteiger partial charge in [0.25, 0.3) is 0 Å². The Kier molecular flexibility index (Phi) is 6.19. The Labute approximate surface area is 124 Å². The molecular weight excluding hydrogens is 277 g/mol. The van der Waals surface area contributed by atoms with Crippen LogP contribution in [0.25, 0.3) is 0 Å². The van der Waals surface area contributed by atoms with E-state index in [0.29, 0.717) is 12.1 Å². The van der Waals surface area contributed by atoms with Crippen molar-refractivity contribution in [3.63, 3.8) is 0 Å². The Morgan fingerprint density at radius 2 is 1.65 bits per heavy atom. The van der Waals surface area contributed by atoms with Gasteiger partial charge in [0.05, 0.1) is 0 Å². The van der Waals surface area contributed by atoms with Gasteiger partial charge in [0.1, 0.15) is 5.82 Å². The molecule has 0 radical (unpaired) electrons. The van der Waals surface area contributed by atoms with Gasteiger partial charge in [-0.1, -0.05) is 19.1 Å². The standard InChI is InChI=1S/C16H16FNO.ClH/c1-13(12-18-10-4-2-3-5-11-18)16(19)14-6-8-15(17)9-7-14;/h2-11,13H,12H2,1H3;1H. The van der Waals surface area contributed by atoms with E-state index in [1.165, 1.54) is 24.3 Å². The molecule has 1 aliphatic rings. The van der Waals surface area contributed by atoms with E-state index in [1.807, 2.05) is 48.5 Å². The third-order valence-electron chi connectivity index (χ3n) is 2.95. The van der Waals surface area contributed by atoms with Crippen LogP contribution in [0.1, 0.15) is 17.3 Å². The summed E-state index contributed by atoms with van der Waals surface area (Å²) in [6, 6.07) is 5.69. The summed E-state index contributed by atoms with van der Waals surface area (Å²) in [6.45, 7) is 2.48. The molecule has 1 aromatic rings. The van der Waals surface area contributed by atoms with Crippen molar-refractivity contribution >= 4 is 18.2 Å². The summed E-state index contributed by atoms with van der Waals surface area (Å²) in [5, 5.41) is 0. The molecular formula is C16H17ClFNO. The molecule has 1 heterocycles. The number of halogens is 2. The molecule has 2 nitrogen and oxygen atoms in total. The predicted octanol–water partition coefficient (Wildman–Crippen LogP) is 3.97. The number of Topliss-reactive ketones (excluding diaryl/α,β-unsaturated/α-hetero) is 1. The van der Waals surface area contributed by atoms with Crippen molar-refractivity contribution in [1.82, 2.24) is 4.90 Å². The monoisotopic (exact) mass is 293 g/mol. The highest BCUT2D eigenvalue weighted by atomic mass is 35.5. The van der Waals surface area contributed by atoms with Gasteiger partial charge < -0.3 is 4.90 Å². The molecule has 0 bridgehead atoms. The SMILES string of the molecule is CC(CN1C=CC=CC=C1)C(=O)c1ccc(F)cc1.Cl. The van der Waals surface area contributed by atoms with Gasteiger partial charge in [-0.15, -0.1) is 12.4 Å². The number of allylic oxidation sites excluding steroid dienone is 4. The lowest BCUT2D eigenvalue weighted by atomic mass is 9.99. The third-order valence-corrected chi connectivity index (χ3v) is 2.95. The van der Waals surface area contributed by atoms with E-state index < -0.39 is 0 Å². The second-order valence-electron chi connectivity index (χ2n) is 4.54. The fraction of sp³-hybridized carbons (Fsp3) is 0.188. The second-order valence-corrected chi connectivity index (χ2v) is 4.54. The summed E-state index contributed by atoms with van der Waals surface area (Å²) in [5.74, 6) is -0.453. The number of nitrogens with zero attached hydrogens (tertiary/aromatic N) is 1. The maximum atomic E-state index is 12.8. The second kappa shape index (κ2) is 7.65. The van der Waals surface area contributed by atoms with Crippen molar-refractivity contribution in [3.8, 4) is 0 Å². The normalized spacial score (nSPS) is 14.6. The molecule has 1 atom stereocenters. The first-order valence-electron chi connectivity index (χ1n) is 6.24. The molecule has 0 N–H and O–H groups in total. The van der Waals surface area contributed by atoms with Gasteiger partial charge in [-0.05, 0) is 36.4 Å². The average Bonchev–Trinajstić information content (AvgIpc) is 2.67. The highest BCUT2D eigenvalue weighted by molar-refractivity contribution is 5.97. The Hall–Kier alpha value is -1.87. The van der Waals surface area contributed by atoms with Crippen molar-refractivity contribution in [3.05, 3.63) is 72.4 Å². The average molecular weight is 294 g/mol. The maximum Gasteiger partial charge on any atom is 0.167 e. The van der Waals surface area contributed by atoms with Crippen molar-refractivity contribution in [1.29, 1.82) is 0 Å². The minimum atomic E-state index is -0.325. The van der Waals surface area contributed by atoms with Crippen LogP contribution in [0, 0.1) is 11.7 Å². The van der Waals surface area contributed by atoms with Crippen LogP contribution >= 0.6 is 12.4 Å². The summed E-state index contributed by atoms with van der Waals surface area (Å²) in [6.07, 6.45) is 11.6. The third kappa shape index (κ3) is 4.35.